The predicted molar refractivity (Wildman–Crippen MR) is 67.4 cm³/mol. The maximum absolute atomic E-state index is 13.5. The minimum Gasteiger partial charge on any atom is -0.457 e. The molecule has 0 unspecified atom stereocenters. The van der Waals surface area contributed by atoms with E-state index in [9.17, 15) is 23.7 Å². The quantitative estimate of drug-likeness (QED) is 0.680. The number of nitro groups is 1. The highest BCUT2D eigenvalue weighted by atomic mass is 79.9. The molecule has 0 fully saturated rings. The molecule has 0 saturated heterocycles. The molecule has 1 amide bonds. The molecule has 1 heterocycles. The highest BCUT2D eigenvalue weighted by molar-refractivity contribution is 9.10. The van der Waals surface area contributed by atoms with Crippen LogP contribution in [0.4, 0.5) is 20.2 Å². The summed E-state index contributed by atoms with van der Waals surface area (Å²) in [7, 11) is 0. The molecule has 2 aromatic rings. The topological polar surface area (TPSA) is 85.4 Å². The number of benzene rings is 1. The zero-order valence-corrected chi connectivity index (χ0v) is 11.1. The molecule has 6 nitrogen and oxygen atoms in total. The van der Waals surface area contributed by atoms with E-state index in [2.05, 4.69) is 21.2 Å². The van der Waals surface area contributed by atoms with Crippen molar-refractivity contribution in [2.75, 3.05) is 5.32 Å². The first-order valence-corrected chi connectivity index (χ1v) is 5.87. The number of nitro benzene ring substituents is 1. The van der Waals surface area contributed by atoms with Crippen LogP contribution in [-0.2, 0) is 0 Å². The van der Waals surface area contributed by atoms with Gasteiger partial charge in [0.2, 0.25) is 5.82 Å². The van der Waals surface area contributed by atoms with Crippen LogP contribution in [0.1, 0.15) is 10.4 Å². The van der Waals surface area contributed by atoms with E-state index in [0.29, 0.717) is 12.1 Å². The van der Waals surface area contributed by atoms with Gasteiger partial charge in [0, 0.05) is 12.1 Å². The number of amides is 1. The molecule has 0 spiro atoms. The molecule has 1 N–H and O–H groups in total. The second-order valence-corrected chi connectivity index (χ2v) is 4.32. The summed E-state index contributed by atoms with van der Waals surface area (Å²) in [6.45, 7) is 0. The fraction of sp³-hybridized carbons (Fsp3) is 0. The van der Waals surface area contributed by atoms with Crippen molar-refractivity contribution >= 4 is 33.2 Å². The van der Waals surface area contributed by atoms with Gasteiger partial charge in [0.15, 0.2) is 4.67 Å². The molecule has 0 atom stereocenters. The number of nitrogens with one attached hydrogen (secondary N) is 1. The Morgan fingerprint density at radius 1 is 1.35 bits per heavy atom. The lowest BCUT2D eigenvalue weighted by Gasteiger charge is -2.05. The van der Waals surface area contributed by atoms with Gasteiger partial charge in [-0.15, -0.1) is 0 Å². The monoisotopic (exact) mass is 346 g/mol. The zero-order chi connectivity index (χ0) is 14.9. The molecule has 20 heavy (non-hydrogen) atoms. The summed E-state index contributed by atoms with van der Waals surface area (Å²) in [6.07, 6.45) is 1.22. The number of carbonyl (C=O) groups excluding carboxylic acids is 1. The van der Waals surface area contributed by atoms with Crippen molar-refractivity contribution in [1.82, 2.24) is 0 Å². The molecule has 9 heteroatoms. The Hall–Kier alpha value is -2.29. The van der Waals surface area contributed by atoms with Crippen LogP contribution < -0.4 is 5.32 Å². The Kier molecular flexibility index (Phi) is 3.79. The summed E-state index contributed by atoms with van der Waals surface area (Å²) >= 11 is 2.96. The van der Waals surface area contributed by atoms with Crippen LogP contribution in [0.15, 0.2) is 33.5 Å². The lowest BCUT2D eigenvalue weighted by Crippen LogP contribution is -2.13. The number of anilines is 1. The third kappa shape index (κ3) is 2.67. The van der Waals surface area contributed by atoms with Gasteiger partial charge in [-0.2, -0.15) is 4.39 Å². The van der Waals surface area contributed by atoms with Crippen molar-refractivity contribution < 1.29 is 22.9 Å². The molecule has 0 saturated carbocycles. The summed E-state index contributed by atoms with van der Waals surface area (Å²) in [5.41, 5.74) is -1.37. The maximum Gasteiger partial charge on any atom is 0.307 e. The molecule has 0 aliphatic heterocycles. The van der Waals surface area contributed by atoms with Gasteiger partial charge in [0.1, 0.15) is 5.82 Å². The van der Waals surface area contributed by atoms with E-state index in [1.165, 1.54) is 12.3 Å². The lowest BCUT2D eigenvalue weighted by molar-refractivity contribution is -0.387. The van der Waals surface area contributed by atoms with Gasteiger partial charge in [-0.3, -0.25) is 14.9 Å². The van der Waals surface area contributed by atoms with Crippen LogP contribution in [0.5, 0.6) is 0 Å². The van der Waals surface area contributed by atoms with E-state index < -0.39 is 33.8 Å². The van der Waals surface area contributed by atoms with Crippen molar-refractivity contribution in [2.45, 2.75) is 0 Å². The van der Waals surface area contributed by atoms with Crippen LogP contribution in [0.25, 0.3) is 0 Å². The van der Waals surface area contributed by atoms with Crippen molar-refractivity contribution in [1.29, 1.82) is 0 Å². The number of furan rings is 1. The van der Waals surface area contributed by atoms with Crippen molar-refractivity contribution in [3.63, 3.8) is 0 Å². The molecule has 0 aliphatic carbocycles. The minimum atomic E-state index is -1.32. The molecular weight excluding hydrogens is 342 g/mol. The minimum absolute atomic E-state index is 0.0661. The number of rotatable bonds is 3. The van der Waals surface area contributed by atoms with E-state index in [-0.39, 0.29) is 10.2 Å². The van der Waals surface area contributed by atoms with Gasteiger partial charge in [-0.05, 0) is 22.0 Å². The molecule has 0 aliphatic rings. The fourth-order valence-corrected chi connectivity index (χ4v) is 1.84. The summed E-state index contributed by atoms with van der Waals surface area (Å²) in [4.78, 5) is 21.3. The number of hydrogen-bond acceptors (Lipinski definition) is 4. The van der Waals surface area contributed by atoms with Crippen LogP contribution in [0, 0.1) is 21.7 Å². The van der Waals surface area contributed by atoms with Gasteiger partial charge in [-0.1, -0.05) is 0 Å². The summed E-state index contributed by atoms with van der Waals surface area (Å²) < 4.78 is 31.6. The van der Waals surface area contributed by atoms with Crippen LogP contribution in [-0.4, -0.2) is 10.8 Å². The van der Waals surface area contributed by atoms with E-state index >= 15 is 0 Å². The summed E-state index contributed by atoms with van der Waals surface area (Å²) in [6, 6.07) is 2.25. The largest absolute Gasteiger partial charge is 0.457 e. The van der Waals surface area contributed by atoms with Crippen molar-refractivity contribution in [3.05, 3.63) is 56.4 Å². The molecular formula is C11H5BrF2N2O4. The van der Waals surface area contributed by atoms with E-state index in [0.717, 1.165) is 0 Å². The number of carbonyl (C=O) groups is 1. The Morgan fingerprint density at radius 3 is 2.60 bits per heavy atom. The second-order valence-electron chi connectivity index (χ2n) is 3.60. The van der Waals surface area contributed by atoms with Crippen molar-refractivity contribution in [3.8, 4) is 0 Å². The Labute approximate surface area is 118 Å². The average Bonchev–Trinajstić information content (AvgIpc) is 2.78. The van der Waals surface area contributed by atoms with Gasteiger partial charge in [-0.25, -0.2) is 4.39 Å². The second kappa shape index (κ2) is 5.37. The maximum atomic E-state index is 13.5. The lowest BCUT2D eigenvalue weighted by atomic mass is 10.2. The molecule has 0 radical (unpaired) electrons. The smallest absolute Gasteiger partial charge is 0.307 e. The Balaban J connectivity index is 2.34. The summed E-state index contributed by atoms with van der Waals surface area (Å²) in [5, 5.41) is 12.7. The fourth-order valence-electron chi connectivity index (χ4n) is 1.42. The molecule has 1 aromatic carbocycles. The van der Waals surface area contributed by atoms with Gasteiger partial charge < -0.3 is 9.73 Å². The standard InChI is InChI=1S/C11H5BrF2N2O4/c12-10-5(1-2-20-10)11(17)15-8-4-9(16(18)19)7(14)3-6(8)13/h1-4H,(H,15,17). The summed E-state index contributed by atoms with van der Waals surface area (Å²) in [5.74, 6) is -3.21. The highest BCUT2D eigenvalue weighted by Crippen LogP contribution is 2.26. The first kappa shape index (κ1) is 14.1. The Bertz CT molecular complexity index is 702. The van der Waals surface area contributed by atoms with Gasteiger partial charge >= 0.3 is 5.69 Å². The normalized spacial score (nSPS) is 10.3. The molecule has 2 rings (SSSR count). The first-order valence-electron chi connectivity index (χ1n) is 5.08. The van der Waals surface area contributed by atoms with E-state index in [1.807, 2.05) is 0 Å². The first-order chi connectivity index (χ1) is 9.40. The number of hydrogen-bond donors (Lipinski definition) is 1. The van der Waals surface area contributed by atoms with Crippen LogP contribution in [0.2, 0.25) is 0 Å². The number of nitrogens with zero attached hydrogens (tertiary/aromatic N) is 1. The Morgan fingerprint density at radius 2 is 2.05 bits per heavy atom. The van der Waals surface area contributed by atoms with Gasteiger partial charge in [0.05, 0.1) is 22.4 Å². The van der Waals surface area contributed by atoms with E-state index in [1.54, 1.807) is 0 Å². The zero-order valence-electron chi connectivity index (χ0n) is 9.52. The molecule has 1 aromatic heterocycles. The molecule has 104 valence electrons. The molecule has 0 bridgehead atoms. The SMILES string of the molecule is O=C(Nc1cc([N+](=O)[O-])c(F)cc1F)c1ccoc1Br. The number of halogens is 3. The van der Waals surface area contributed by atoms with Crippen LogP contribution >= 0.6 is 15.9 Å². The predicted octanol–water partition coefficient (Wildman–Crippen LogP) is 3.48. The van der Waals surface area contributed by atoms with Gasteiger partial charge in [0.25, 0.3) is 5.91 Å². The highest BCUT2D eigenvalue weighted by Gasteiger charge is 2.21. The third-order valence-corrected chi connectivity index (χ3v) is 2.96. The van der Waals surface area contributed by atoms with Crippen molar-refractivity contribution in [2.24, 2.45) is 0 Å². The average molecular weight is 347 g/mol. The third-order valence-electron chi connectivity index (χ3n) is 2.34. The van der Waals surface area contributed by atoms with E-state index in [4.69, 9.17) is 4.42 Å². The van der Waals surface area contributed by atoms with Crippen LogP contribution in [0.3, 0.4) is 0 Å².